The maximum Gasteiger partial charge on any atom is 0.355 e. The van der Waals surface area contributed by atoms with Gasteiger partial charge in [0.05, 0.1) is 31.7 Å². The molecule has 0 amide bonds. The largest absolute Gasteiger partial charge is 0.379 e. The number of nitrogens with zero attached hydrogens (tertiary/aromatic N) is 3. The first-order valence-electron chi connectivity index (χ1n) is 16.2. The molecule has 13 heteroatoms. The molecule has 248 valence electrons. The molecule has 2 aromatic rings. The summed E-state index contributed by atoms with van der Waals surface area (Å²) in [5, 5.41) is 0. The minimum atomic E-state index is -4.14. The molecule has 2 rings (SSSR count). The molecule has 0 radical (unpaired) electrons. The summed E-state index contributed by atoms with van der Waals surface area (Å²) in [6.07, 6.45) is 16.2. The van der Waals surface area contributed by atoms with Gasteiger partial charge in [-0.2, -0.15) is 4.98 Å². The zero-order valence-corrected chi connectivity index (χ0v) is 27.7. The maximum atomic E-state index is 12.9. The Morgan fingerprint density at radius 3 is 2.26 bits per heavy atom. The zero-order valence-electron chi connectivity index (χ0n) is 26.8. The zero-order chi connectivity index (χ0) is 31.5. The van der Waals surface area contributed by atoms with Crippen molar-refractivity contribution in [2.45, 2.75) is 143 Å². The van der Waals surface area contributed by atoms with Gasteiger partial charge in [0.1, 0.15) is 6.35 Å². The number of imidazole rings is 1. The highest BCUT2D eigenvalue weighted by Gasteiger charge is 2.28. The maximum absolute atomic E-state index is 12.9. The highest BCUT2D eigenvalue weighted by atomic mass is 31.2. The van der Waals surface area contributed by atoms with E-state index in [1.807, 2.05) is 20.8 Å². The third-order valence-electron chi connectivity index (χ3n) is 7.34. The van der Waals surface area contributed by atoms with Crippen LogP contribution in [-0.4, -0.2) is 62.5 Å². The van der Waals surface area contributed by atoms with E-state index in [4.69, 9.17) is 24.5 Å². The normalized spacial score (nSPS) is 15.5. The summed E-state index contributed by atoms with van der Waals surface area (Å²) in [6, 6.07) is 0. The van der Waals surface area contributed by atoms with Crippen molar-refractivity contribution in [1.82, 2.24) is 19.5 Å². The summed E-state index contributed by atoms with van der Waals surface area (Å²) in [5.41, 5.74) is 5.67. The van der Waals surface area contributed by atoms with Gasteiger partial charge in [-0.3, -0.25) is 18.9 Å². The molecule has 0 fully saturated rings. The lowest BCUT2D eigenvalue weighted by Gasteiger charge is -2.25. The van der Waals surface area contributed by atoms with Crippen LogP contribution in [0.25, 0.3) is 11.2 Å². The number of rotatable bonds is 26. The predicted octanol–water partition coefficient (Wildman–Crippen LogP) is 6.52. The van der Waals surface area contributed by atoms with Crippen LogP contribution in [0.2, 0.25) is 0 Å². The Balaban J connectivity index is 1.72. The Kier molecular flexibility index (Phi) is 18.3. The lowest BCUT2D eigenvalue weighted by Crippen LogP contribution is -2.27. The van der Waals surface area contributed by atoms with E-state index in [1.54, 1.807) is 4.57 Å². The molecule has 0 saturated heterocycles. The van der Waals surface area contributed by atoms with Gasteiger partial charge in [0, 0.05) is 6.61 Å². The van der Waals surface area contributed by atoms with Crippen LogP contribution in [-0.2, 0) is 29.8 Å². The van der Waals surface area contributed by atoms with Crippen molar-refractivity contribution in [3.63, 3.8) is 0 Å². The Morgan fingerprint density at radius 2 is 1.65 bits per heavy atom. The topological polar surface area (TPSA) is 164 Å². The first-order chi connectivity index (χ1) is 20.7. The number of H-pyrrole nitrogens is 1. The molecule has 0 aliphatic heterocycles. The molecule has 12 nitrogen and oxygen atoms in total. The molecular weight excluding hydrogens is 573 g/mol. The molecule has 0 bridgehead atoms. The monoisotopic (exact) mass is 629 g/mol. The summed E-state index contributed by atoms with van der Waals surface area (Å²) in [7, 11) is -4.14. The lowest BCUT2D eigenvalue weighted by molar-refractivity contribution is -0.123. The van der Waals surface area contributed by atoms with Crippen LogP contribution in [0.3, 0.4) is 0 Å². The fourth-order valence-electron chi connectivity index (χ4n) is 4.94. The summed E-state index contributed by atoms with van der Waals surface area (Å²) in [5.74, 6) is -0.0339. The quantitative estimate of drug-likeness (QED) is 0.0593. The van der Waals surface area contributed by atoms with Gasteiger partial charge in [0.15, 0.2) is 17.5 Å². The van der Waals surface area contributed by atoms with Crippen LogP contribution < -0.4 is 11.3 Å². The fraction of sp³-hybridized carbons (Fsp3) is 0.833. The van der Waals surface area contributed by atoms with Crippen LogP contribution in [0.1, 0.15) is 118 Å². The molecule has 2 aromatic heterocycles. The Morgan fingerprint density at radius 1 is 1.02 bits per heavy atom. The molecule has 4 N–H and O–H groups in total. The van der Waals surface area contributed by atoms with E-state index in [0.717, 1.165) is 19.3 Å². The van der Waals surface area contributed by atoms with Crippen LogP contribution in [0.15, 0.2) is 11.1 Å². The van der Waals surface area contributed by atoms with Crippen molar-refractivity contribution in [2.24, 2.45) is 0 Å². The number of nitrogens with two attached hydrogens (primary N) is 1. The van der Waals surface area contributed by atoms with Gasteiger partial charge in [0.2, 0.25) is 5.95 Å². The number of unbranched alkanes of at least 4 members (excludes halogenated alkanes) is 11. The minimum Gasteiger partial charge on any atom is -0.379 e. The van der Waals surface area contributed by atoms with Crippen LogP contribution >= 0.6 is 7.60 Å². The molecule has 43 heavy (non-hydrogen) atoms. The molecule has 2 heterocycles. The van der Waals surface area contributed by atoms with E-state index in [0.29, 0.717) is 13.0 Å². The highest BCUT2D eigenvalue weighted by molar-refractivity contribution is 7.52. The van der Waals surface area contributed by atoms with Gasteiger partial charge < -0.3 is 29.4 Å². The van der Waals surface area contributed by atoms with E-state index in [-0.39, 0.29) is 36.4 Å². The first kappa shape index (κ1) is 37.4. The second kappa shape index (κ2) is 21.0. The van der Waals surface area contributed by atoms with Gasteiger partial charge >= 0.3 is 7.60 Å². The number of nitrogen functional groups attached to an aromatic ring is 1. The van der Waals surface area contributed by atoms with E-state index in [9.17, 15) is 14.3 Å². The molecule has 0 saturated carbocycles. The van der Waals surface area contributed by atoms with E-state index >= 15 is 0 Å². The Bertz CT molecular complexity index is 1130. The second-order valence-electron chi connectivity index (χ2n) is 11.3. The van der Waals surface area contributed by atoms with Crippen molar-refractivity contribution in [1.29, 1.82) is 0 Å². The third-order valence-corrected chi connectivity index (χ3v) is 8.38. The van der Waals surface area contributed by atoms with Gasteiger partial charge in [-0.1, -0.05) is 90.9 Å². The van der Waals surface area contributed by atoms with Gasteiger partial charge in [0.25, 0.3) is 5.56 Å². The van der Waals surface area contributed by atoms with Crippen LogP contribution in [0, 0.1) is 0 Å². The van der Waals surface area contributed by atoms with Crippen molar-refractivity contribution in [2.75, 3.05) is 25.3 Å². The fourth-order valence-corrected chi connectivity index (χ4v) is 5.96. The van der Waals surface area contributed by atoms with Gasteiger partial charge in [-0.15, -0.1) is 0 Å². The number of hydrogen-bond acceptors (Lipinski definition) is 9. The minimum absolute atomic E-state index is 0.0339. The molecule has 0 aromatic carbocycles. The summed E-state index contributed by atoms with van der Waals surface area (Å²) in [4.78, 5) is 33.3. The van der Waals surface area contributed by atoms with E-state index in [1.165, 1.54) is 70.5 Å². The standard InChI is InChI=1S/C30H56N5O7P/c1-5-8-9-10-11-12-13-14-15-16-17-18-19-24(4)41-26(6-2)42-43(37,38)23-40-25(21-39-7-3)20-35-22-32-27-28(35)33-30(31)34-29(27)36/h22,24-26H,5-21,23H2,1-4H3,(H,37,38)(H3,31,33,34,36)/t24?,25-,26?/m1/s1. The predicted molar refractivity (Wildman–Crippen MR) is 170 cm³/mol. The van der Waals surface area contributed by atoms with Gasteiger partial charge in [-0.05, 0) is 26.7 Å². The molecule has 3 unspecified atom stereocenters. The average Bonchev–Trinajstić information content (AvgIpc) is 3.37. The third kappa shape index (κ3) is 15.1. The number of aromatic nitrogens is 4. The van der Waals surface area contributed by atoms with Crippen molar-refractivity contribution in [3.05, 3.63) is 16.7 Å². The lowest BCUT2D eigenvalue weighted by atomic mass is 10.0. The number of anilines is 1. The van der Waals surface area contributed by atoms with Crippen LogP contribution in [0.5, 0.6) is 0 Å². The number of hydrogen-bond donors (Lipinski definition) is 3. The number of nitrogens with one attached hydrogen (secondary N) is 1. The molecule has 0 spiro atoms. The Labute approximate surface area is 257 Å². The van der Waals surface area contributed by atoms with Gasteiger partial charge in [-0.25, -0.2) is 4.98 Å². The molecule has 0 aliphatic carbocycles. The number of aromatic amines is 1. The molecule has 0 aliphatic rings. The number of fused-ring (bicyclic) bond motifs is 1. The van der Waals surface area contributed by atoms with E-state index < -0.39 is 31.9 Å². The van der Waals surface area contributed by atoms with Crippen molar-refractivity contribution in [3.8, 4) is 0 Å². The summed E-state index contributed by atoms with van der Waals surface area (Å²) in [6.45, 7) is 8.69. The first-order valence-corrected chi connectivity index (χ1v) is 18.0. The number of ether oxygens (including phenoxy) is 3. The SMILES string of the molecule is CCCCCCCCCCCCCCC(C)OC(CC)OP(=O)(O)CO[C@@H](COCC)Cn1cnc2c(=O)[nH]c(N)nc21. The molecular formula is C30H56N5O7P. The van der Waals surface area contributed by atoms with E-state index in [2.05, 4.69) is 21.9 Å². The highest BCUT2D eigenvalue weighted by Crippen LogP contribution is 2.44. The second-order valence-corrected chi connectivity index (χ2v) is 13.0. The van der Waals surface area contributed by atoms with Crippen molar-refractivity contribution >= 4 is 24.7 Å². The average molecular weight is 630 g/mol. The van der Waals surface area contributed by atoms with Crippen molar-refractivity contribution < 1.29 is 28.2 Å². The molecule has 4 atom stereocenters. The smallest absolute Gasteiger partial charge is 0.355 e. The van der Waals surface area contributed by atoms with Crippen LogP contribution in [0.4, 0.5) is 5.95 Å². The summed E-state index contributed by atoms with van der Waals surface area (Å²) < 4.78 is 37.3. The summed E-state index contributed by atoms with van der Waals surface area (Å²) >= 11 is 0. The Hall–Kier alpha value is -1.82.